The Labute approximate surface area is 152 Å². The zero-order chi connectivity index (χ0) is 19.1. The minimum Gasteiger partial charge on any atom is -0.354 e. The van der Waals surface area contributed by atoms with Gasteiger partial charge in [0.2, 0.25) is 0 Å². The molecule has 2 aromatic heterocycles. The number of nitrogens with zero attached hydrogens (tertiary/aromatic N) is 2. The minimum atomic E-state index is -0.882. The van der Waals surface area contributed by atoms with Crippen molar-refractivity contribution in [3.05, 3.63) is 87.8 Å². The second-order valence-electron chi connectivity index (χ2n) is 6.19. The number of benzene rings is 2. The summed E-state index contributed by atoms with van der Waals surface area (Å²) in [5, 5.41) is 8.99. The normalized spacial score (nSPS) is 10.9. The molecule has 2 heterocycles. The molecule has 0 aliphatic rings. The molecule has 2 aromatic carbocycles. The van der Waals surface area contributed by atoms with Crippen LogP contribution < -0.4 is 5.43 Å². The van der Waals surface area contributed by atoms with E-state index in [1.54, 1.807) is 42.0 Å². The van der Waals surface area contributed by atoms with Gasteiger partial charge in [0.25, 0.3) is 0 Å². The lowest BCUT2D eigenvalue weighted by molar-refractivity contribution is 0.591. The molecular weight excluding hydrogens is 348 g/mol. The Morgan fingerprint density at radius 2 is 1.85 bits per heavy atom. The first-order chi connectivity index (χ1) is 13.0. The van der Waals surface area contributed by atoms with Crippen LogP contribution in [0.5, 0.6) is 0 Å². The number of H-pyrrole nitrogens is 1. The highest BCUT2D eigenvalue weighted by Gasteiger charge is 2.15. The van der Waals surface area contributed by atoms with E-state index in [9.17, 15) is 13.6 Å². The fourth-order valence-corrected chi connectivity index (χ4v) is 3.21. The zero-order valence-electron chi connectivity index (χ0n) is 14.3. The van der Waals surface area contributed by atoms with Crippen LogP contribution in [0.4, 0.5) is 8.78 Å². The Hall–Kier alpha value is -3.72. The van der Waals surface area contributed by atoms with Crippen molar-refractivity contribution in [2.45, 2.75) is 6.92 Å². The number of nitriles is 1. The van der Waals surface area contributed by atoms with E-state index in [4.69, 9.17) is 5.26 Å². The van der Waals surface area contributed by atoms with Crippen molar-refractivity contribution >= 4 is 10.9 Å². The second-order valence-corrected chi connectivity index (χ2v) is 6.19. The van der Waals surface area contributed by atoms with Gasteiger partial charge in [0.05, 0.1) is 16.6 Å². The fourth-order valence-electron chi connectivity index (χ4n) is 3.21. The van der Waals surface area contributed by atoms with Crippen molar-refractivity contribution in [2.75, 3.05) is 0 Å². The Bertz CT molecular complexity index is 1280. The molecule has 0 spiro atoms. The lowest BCUT2D eigenvalue weighted by Gasteiger charge is -2.11. The van der Waals surface area contributed by atoms with Crippen LogP contribution in [0.15, 0.2) is 59.5 Å². The molecule has 132 valence electrons. The predicted octanol–water partition coefficient (Wildman–Crippen LogP) is 4.44. The summed E-state index contributed by atoms with van der Waals surface area (Å²) in [6.45, 7) is 1.60. The molecule has 0 fully saturated rings. The molecule has 4 nitrogen and oxygen atoms in total. The summed E-state index contributed by atoms with van der Waals surface area (Å²) >= 11 is 0. The largest absolute Gasteiger partial charge is 0.354 e. The highest BCUT2D eigenvalue weighted by Crippen LogP contribution is 2.25. The van der Waals surface area contributed by atoms with Crippen molar-refractivity contribution in [3.8, 4) is 23.0 Å². The van der Waals surface area contributed by atoms with E-state index in [1.165, 1.54) is 0 Å². The first-order valence-electron chi connectivity index (χ1n) is 8.19. The molecule has 27 heavy (non-hydrogen) atoms. The molecule has 0 aliphatic carbocycles. The fraction of sp³-hybridized carbons (Fsp3) is 0.0476. The minimum absolute atomic E-state index is 0.111. The third-order valence-electron chi connectivity index (χ3n) is 4.55. The Morgan fingerprint density at radius 3 is 2.56 bits per heavy atom. The molecule has 6 heteroatoms. The molecule has 4 aromatic rings. The van der Waals surface area contributed by atoms with Gasteiger partial charge in [0, 0.05) is 23.5 Å². The van der Waals surface area contributed by atoms with Gasteiger partial charge in [0.1, 0.15) is 23.4 Å². The van der Waals surface area contributed by atoms with Crippen molar-refractivity contribution in [2.24, 2.45) is 0 Å². The first kappa shape index (κ1) is 16.7. The molecule has 4 rings (SSSR count). The quantitative estimate of drug-likeness (QED) is 0.574. The summed E-state index contributed by atoms with van der Waals surface area (Å²) in [6.07, 6.45) is 1.78. The van der Waals surface area contributed by atoms with Gasteiger partial charge in [-0.25, -0.2) is 8.78 Å². The van der Waals surface area contributed by atoms with Crippen LogP contribution in [0.2, 0.25) is 0 Å². The lowest BCUT2D eigenvalue weighted by atomic mass is 10.0. The first-order valence-corrected chi connectivity index (χ1v) is 8.19. The average Bonchev–Trinajstić information content (AvgIpc) is 3.13. The summed E-state index contributed by atoms with van der Waals surface area (Å²) in [5.41, 5.74) is 2.47. The van der Waals surface area contributed by atoms with Crippen molar-refractivity contribution < 1.29 is 8.78 Å². The van der Waals surface area contributed by atoms with Gasteiger partial charge in [-0.05, 0) is 42.8 Å². The average molecular weight is 361 g/mol. The molecule has 0 atom stereocenters. The Balaban J connectivity index is 1.87. The third-order valence-corrected chi connectivity index (χ3v) is 4.55. The second kappa shape index (κ2) is 6.22. The number of pyridine rings is 1. The van der Waals surface area contributed by atoms with Crippen LogP contribution in [-0.4, -0.2) is 9.55 Å². The molecule has 0 bridgehead atoms. The zero-order valence-corrected chi connectivity index (χ0v) is 14.3. The number of aromatic nitrogens is 2. The van der Waals surface area contributed by atoms with Crippen LogP contribution >= 0.6 is 0 Å². The number of fused-ring (bicyclic) bond motifs is 1. The van der Waals surface area contributed by atoms with Gasteiger partial charge in [-0.2, -0.15) is 5.26 Å². The number of aromatic amines is 1. The van der Waals surface area contributed by atoms with Crippen molar-refractivity contribution in [1.82, 2.24) is 9.55 Å². The monoisotopic (exact) mass is 361 g/mol. The molecule has 0 saturated heterocycles. The van der Waals surface area contributed by atoms with E-state index in [-0.39, 0.29) is 10.9 Å². The van der Waals surface area contributed by atoms with Gasteiger partial charge in [-0.15, -0.1) is 0 Å². The molecular formula is C21H13F2N3O. The molecule has 0 amide bonds. The standard InChI is InChI=1S/C21H13F2N3O/c1-12-20(25-18-10-14(22)9-17(23)19(18)21(12)27)13-4-6-15(7-5-13)26-8-2-3-16(26)11-24/h2-10H,1H3,(H,25,27). The Morgan fingerprint density at radius 1 is 1.11 bits per heavy atom. The van der Waals surface area contributed by atoms with Crippen molar-refractivity contribution in [3.63, 3.8) is 0 Å². The van der Waals surface area contributed by atoms with E-state index in [1.807, 2.05) is 12.1 Å². The maximum atomic E-state index is 14.0. The molecule has 1 N–H and O–H groups in total. The van der Waals surface area contributed by atoms with Crippen molar-refractivity contribution in [1.29, 1.82) is 5.26 Å². The maximum absolute atomic E-state index is 14.0. The van der Waals surface area contributed by atoms with Gasteiger partial charge in [-0.3, -0.25) is 4.79 Å². The van der Waals surface area contributed by atoms with Gasteiger partial charge < -0.3 is 9.55 Å². The van der Waals surface area contributed by atoms with Crippen LogP contribution in [0.25, 0.3) is 27.8 Å². The summed E-state index contributed by atoms with van der Waals surface area (Å²) < 4.78 is 29.3. The van der Waals surface area contributed by atoms with Gasteiger partial charge in [-0.1, -0.05) is 12.1 Å². The highest BCUT2D eigenvalue weighted by molar-refractivity contribution is 5.83. The van der Waals surface area contributed by atoms with E-state index >= 15 is 0 Å². The summed E-state index contributed by atoms with van der Waals surface area (Å²) in [6, 6.07) is 14.6. The van der Waals surface area contributed by atoms with E-state index in [0.29, 0.717) is 28.6 Å². The number of rotatable bonds is 2. The topological polar surface area (TPSA) is 61.6 Å². The van der Waals surface area contributed by atoms with Crippen LogP contribution in [0.3, 0.4) is 0 Å². The molecule has 0 unspecified atom stereocenters. The maximum Gasteiger partial charge on any atom is 0.195 e. The number of hydrogen-bond acceptors (Lipinski definition) is 2. The smallest absolute Gasteiger partial charge is 0.195 e. The SMILES string of the molecule is Cc1c(-c2ccc(-n3cccc3C#N)cc2)[nH]c2cc(F)cc(F)c2c1=O. The molecule has 0 saturated carbocycles. The van der Waals surface area contributed by atoms with Crippen LogP contribution in [0.1, 0.15) is 11.3 Å². The summed E-state index contributed by atoms with van der Waals surface area (Å²) in [4.78, 5) is 15.5. The lowest BCUT2D eigenvalue weighted by Crippen LogP contribution is -2.11. The number of halogens is 2. The van der Waals surface area contributed by atoms with Crippen LogP contribution in [0, 0.1) is 29.9 Å². The van der Waals surface area contributed by atoms with E-state index < -0.39 is 17.1 Å². The van der Waals surface area contributed by atoms with Crippen LogP contribution in [-0.2, 0) is 0 Å². The van der Waals surface area contributed by atoms with E-state index in [2.05, 4.69) is 11.1 Å². The summed E-state index contributed by atoms with van der Waals surface area (Å²) in [7, 11) is 0. The molecule has 0 radical (unpaired) electrons. The number of nitrogens with one attached hydrogen (secondary N) is 1. The molecule has 0 aliphatic heterocycles. The Kier molecular flexibility index (Phi) is 3.85. The van der Waals surface area contributed by atoms with E-state index in [0.717, 1.165) is 11.8 Å². The van der Waals surface area contributed by atoms with Gasteiger partial charge >= 0.3 is 0 Å². The van der Waals surface area contributed by atoms with Gasteiger partial charge in [0.15, 0.2) is 5.43 Å². The third kappa shape index (κ3) is 2.70. The summed E-state index contributed by atoms with van der Waals surface area (Å²) in [5.74, 6) is -1.63. The number of hydrogen-bond donors (Lipinski definition) is 1. The highest BCUT2D eigenvalue weighted by atomic mass is 19.1. The predicted molar refractivity (Wildman–Crippen MR) is 98.7 cm³/mol.